The van der Waals surface area contributed by atoms with Crippen LogP contribution in [0.4, 0.5) is 5.95 Å². The predicted molar refractivity (Wildman–Crippen MR) is 81.8 cm³/mol. The molecule has 20 heavy (non-hydrogen) atoms. The van der Waals surface area contributed by atoms with Gasteiger partial charge in [-0.15, -0.1) is 0 Å². The van der Waals surface area contributed by atoms with Gasteiger partial charge in [-0.05, 0) is 17.2 Å². The minimum absolute atomic E-state index is 0.905. The summed E-state index contributed by atoms with van der Waals surface area (Å²) in [6.45, 7) is 1.83. The van der Waals surface area contributed by atoms with E-state index in [0.717, 1.165) is 25.5 Å². The second kappa shape index (κ2) is 4.37. The molecule has 0 amide bonds. The molecule has 0 unspecified atom stereocenters. The van der Waals surface area contributed by atoms with E-state index in [2.05, 4.69) is 65.1 Å². The van der Waals surface area contributed by atoms with E-state index >= 15 is 0 Å². The highest BCUT2D eigenvalue weighted by Crippen LogP contribution is 2.29. The van der Waals surface area contributed by atoms with E-state index in [1.54, 1.807) is 0 Å². The van der Waals surface area contributed by atoms with Crippen LogP contribution in [0, 0.1) is 0 Å². The zero-order valence-corrected chi connectivity index (χ0v) is 11.6. The highest BCUT2D eigenvalue weighted by atomic mass is 15.3. The first-order chi connectivity index (χ1) is 9.83. The average Bonchev–Trinajstić information content (AvgIpc) is 2.62. The maximum Gasteiger partial charge on any atom is 0.206 e. The Kier molecular flexibility index (Phi) is 2.52. The van der Waals surface area contributed by atoms with Crippen molar-refractivity contribution in [2.24, 2.45) is 0 Å². The Morgan fingerprint density at radius 3 is 2.70 bits per heavy atom. The summed E-state index contributed by atoms with van der Waals surface area (Å²) in [7, 11) is 2.12. The number of anilines is 1. The van der Waals surface area contributed by atoms with Crippen LogP contribution in [0.25, 0.3) is 6.08 Å². The van der Waals surface area contributed by atoms with Crippen LogP contribution in [0.3, 0.4) is 0 Å². The number of hydrogen-bond acceptors (Lipinski definition) is 2. The Bertz CT molecular complexity index is 722. The average molecular weight is 263 g/mol. The van der Waals surface area contributed by atoms with Gasteiger partial charge >= 0.3 is 0 Å². The molecule has 2 aromatic rings. The van der Waals surface area contributed by atoms with Crippen molar-refractivity contribution < 1.29 is 0 Å². The molecule has 1 aromatic carbocycles. The Morgan fingerprint density at radius 1 is 1.05 bits per heavy atom. The molecule has 2 aliphatic rings. The van der Waals surface area contributed by atoms with Crippen molar-refractivity contribution in [1.29, 1.82) is 0 Å². The molecule has 1 aromatic heterocycles. The standard InChI is InChI=1S/C17H17N3/c1-19-11-13-7-5-6-8-14(13)12-20-16-10-4-2-3-9-15(16)18-17(19)20/h2-8,10H,9,11-12H2,1H3. The Balaban J connectivity index is 1.90. The van der Waals surface area contributed by atoms with E-state index in [-0.39, 0.29) is 0 Å². The molecule has 1 aliphatic carbocycles. The van der Waals surface area contributed by atoms with Crippen LogP contribution in [0.15, 0.2) is 42.5 Å². The fraction of sp³-hybridized carbons (Fsp3) is 0.235. The molecule has 0 bridgehead atoms. The maximum absolute atomic E-state index is 4.86. The van der Waals surface area contributed by atoms with Crippen molar-refractivity contribution in [1.82, 2.24) is 9.55 Å². The number of benzene rings is 1. The molecule has 100 valence electrons. The molecule has 2 heterocycles. The van der Waals surface area contributed by atoms with Crippen LogP contribution in [0.2, 0.25) is 0 Å². The summed E-state index contributed by atoms with van der Waals surface area (Å²) in [4.78, 5) is 7.11. The largest absolute Gasteiger partial charge is 0.341 e. The molecule has 0 fully saturated rings. The van der Waals surface area contributed by atoms with E-state index in [0.29, 0.717) is 0 Å². The van der Waals surface area contributed by atoms with E-state index in [4.69, 9.17) is 4.98 Å². The zero-order chi connectivity index (χ0) is 13.5. The van der Waals surface area contributed by atoms with Gasteiger partial charge in [0.1, 0.15) is 0 Å². The van der Waals surface area contributed by atoms with Gasteiger partial charge in [-0.25, -0.2) is 4.98 Å². The van der Waals surface area contributed by atoms with Gasteiger partial charge in [0.15, 0.2) is 0 Å². The summed E-state index contributed by atoms with van der Waals surface area (Å²) < 4.78 is 2.34. The van der Waals surface area contributed by atoms with Crippen molar-refractivity contribution >= 4 is 12.0 Å². The van der Waals surface area contributed by atoms with Gasteiger partial charge in [0, 0.05) is 20.0 Å². The number of aromatic nitrogens is 2. The van der Waals surface area contributed by atoms with Crippen molar-refractivity contribution in [3.05, 3.63) is 65.0 Å². The van der Waals surface area contributed by atoms with Crippen LogP contribution < -0.4 is 4.90 Å². The van der Waals surface area contributed by atoms with Gasteiger partial charge in [-0.2, -0.15) is 0 Å². The summed E-state index contributed by atoms with van der Waals surface area (Å²) >= 11 is 0. The van der Waals surface area contributed by atoms with Gasteiger partial charge in [0.2, 0.25) is 5.95 Å². The maximum atomic E-state index is 4.86. The number of fused-ring (bicyclic) bond motifs is 4. The monoisotopic (exact) mass is 263 g/mol. The fourth-order valence-electron chi connectivity index (χ4n) is 3.05. The van der Waals surface area contributed by atoms with Gasteiger partial charge in [0.05, 0.1) is 17.9 Å². The lowest BCUT2D eigenvalue weighted by Gasteiger charge is -2.16. The highest BCUT2D eigenvalue weighted by Gasteiger charge is 2.22. The summed E-state index contributed by atoms with van der Waals surface area (Å²) in [6.07, 6.45) is 9.47. The molecule has 1 aliphatic heterocycles. The van der Waals surface area contributed by atoms with E-state index in [9.17, 15) is 0 Å². The van der Waals surface area contributed by atoms with Gasteiger partial charge in [-0.3, -0.25) is 0 Å². The van der Waals surface area contributed by atoms with Crippen LogP contribution in [0.5, 0.6) is 0 Å². The molecular formula is C17H17N3. The van der Waals surface area contributed by atoms with Crippen molar-refractivity contribution in [3.8, 4) is 0 Å². The summed E-state index contributed by atoms with van der Waals surface area (Å²) in [5.41, 5.74) is 5.21. The molecule has 0 saturated heterocycles. The summed E-state index contributed by atoms with van der Waals surface area (Å²) in [6, 6.07) is 8.68. The quantitative estimate of drug-likeness (QED) is 0.728. The van der Waals surface area contributed by atoms with E-state index in [1.165, 1.54) is 22.5 Å². The van der Waals surface area contributed by atoms with Crippen LogP contribution in [0.1, 0.15) is 22.5 Å². The van der Waals surface area contributed by atoms with Crippen molar-refractivity contribution in [2.75, 3.05) is 11.9 Å². The molecule has 3 heteroatoms. The number of imidazole rings is 1. The normalized spacial score (nSPS) is 16.1. The van der Waals surface area contributed by atoms with E-state index < -0.39 is 0 Å². The molecule has 4 rings (SSSR count). The van der Waals surface area contributed by atoms with Crippen LogP contribution >= 0.6 is 0 Å². The minimum atomic E-state index is 0.905. The Morgan fingerprint density at radius 2 is 1.85 bits per heavy atom. The second-order valence-corrected chi connectivity index (χ2v) is 5.45. The molecule has 0 radical (unpaired) electrons. The molecule has 3 nitrogen and oxygen atoms in total. The highest BCUT2D eigenvalue weighted by molar-refractivity contribution is 5.58. The fourth-order valence-corrected chi connectivity index (χ4v) is 3.05. The molecular weight excluding hydrogens is 246 g/mol. The number of allylic oxidation sites excluding steroid dienone is 3. The third-order valence-corrected chi connectivity index (χ3v) is 4.07. The van der Waals surface area contributed by atoms with Crippen LogP contribution in [-0.4, -0.2) is 16.6 Å². The Hall–Kier alpha value is -2.29. The smallest absolute Gasteiger partial charge is 0.206 e. The SMILES string of the molecule is CN1Cc2ccccc2Cn2c1nc1c2C=CC=CC1. The Labute approximate surface area is 118 Å². The molecule has 0 spiro atoms. The predicted octanol–water partition coefficient (Wildman–Crippen LogP) is 3.01. The first-order valence-corrected chi connectivity index (χ1v) is 7.03. The van der Waals surface area contributed by atoms with Crippen molar-refractivity contribution in [3.63, 3.8) is 0 Å². The second-order valence-electron chi connectivity index (χ2n) is 5.45. The summed E-state index contributed by atoms with van der Waals surface area (Å²) in [5, 5.41) is 0. The number of rotatable bonds is 0. The van der Waals surface area contributed by atoms with Crippen molar-refractivity contribution in [2.45, 2.75) is 19.5 Å². The van der Waals surface area contributed by atoms with Gasteiger partial charge < -0.3 is 9.47 Å². The first kappa shape index (κ1) is 11.5. The topological polar surface area (TPSA) is 21.1 Å². The summed E-state index contributed by atoms with van der Waals surface area (Å²) in [5.74, 6) is 1.08. The lowest BCUT2D eigenvalue weighted by Crippen LogP contribution is -2.18. The zero-order valence-electron chi connectivity index (χ0n) is 11.6. The van der Waals surface area contributed by atoms with E-state index in [1.807, 2.05) is 0 Å². The lowest BCUT2D eigenvalue weighted by molar-refractivity contribution is 0.779. The molecule has 0 N–H and O–H groups in total. The number of hydrogen-bond donors (Lipinski definition) is 0. The minimum Gasteiger partial charge on any atom is -0.341 e. The van der Waals surface area contributed by atoms with Crippen LogP contribution in [-0.2, 0) is 19.5 Å². The molecule has 0 saturated carbocycles. The third-order valence-electron chi connectivity index (χ3n) is 4.07. The van der Waals surface area contributed by atoms with Gasteiger partial charge in [-0.1, -0.05) is 42.5 Å². The lowest BCUT2D eigenvalue weighted by atomic mass is 10.1. The van der Waals surface area contributed by atoms with Gasteiger partial charge in [0.25, 0.3) is 0 Å². The first-order valence-electron chi connectivity index (χ1n) is 7.03. The number of nitrogens with zero attached hydrogens (tertiary/aromatic N) is 3. The third kappa shape index (κ3) is 1.70. The molecule has 0 atom stereocenters.